The summed E-state index contributed by atoms with van der Waals surface area (Å²) in [5, 5.41) is 13.6. The van der Waals surface area contributed by atoms with Gasteiger partial charge in [-0.25, -0.2) is 4.57 Å². The number of carbonyl (C=O) groups is 1. The van der Waals surface area contributed by atoms with Gasteiger partial charge in [-0.1, -0.05) is 175 Å². The van der Waals surface area contributed by atoms with Crippen molar-refractivity contribution in [2.75, 3.05) is 19.8 Å². The molecule has 0 aromatic rings. The molecule has 0 saturated heterocycles. The number of nitrogens with two attached hydrogens (primary N) is 1. The van der Waals surface area contributed by atoms with Crippen LogP contribution >= 0.6 is 7.82 Å². The quantitative estimate of drug-likeness (QED) is 0.0275. The Morgan fingerprint density at radius 2 is 1.04 bits per heavy atom. The lowest BCUT2D eigenvalue weighted by molar-refractivity contribution is -0.123. The number of nitrogens with one attached hydrogen (secondary N) is 1. The van der Waals surface area contributed by atoms with Gasteiger partial charge in [0.1, 0.15) is 0 Å². The molecule has 0 aliphatic heterocycles. The summed E-state index contributed by atoms with van der Waals surface area (Å²) in [4.78, 5) is 22.7. The molecule has 0 rings (SSSR count). The largest absolute Gasteiger partial charge is 0.472 e. The van der Waals surface area contributed by atoms with Crippen LogP contribution in [0.15, 0.2) is 97.2 Å². The fraction of sp³-hybridized carbons (Fsp3) is 0.646. The first kappa shape index (κ1) is 54.4. The molecular weight excluding hydrogens is 732 g/mol. The molecular formula is C48H83N2O6P. The highest BCUT2D eigenvalue weighted by molar-refractivity contribution is 7.47. The molecule has 0 aromatic carbocycles. The lowest BCUT2D eigenvalue weighted by atomic mass is 10.1. The minimum atomic E-state index is -4.36. The zero-order valence-electron chi connectivity index (χ0n) is 36.0. The molecule has 0 fully saturated rings. The predicted molar refractivity (Wildman–Crippen MR) is 244 cm³/mol. The van der Waals surface area contributed by atoms with Crippen LogP contribution in [0.4, 0.5) is 0 Å². The van der Waals surface area contributed by atoms with Gasteiger partial charge in [-0.3, -0.25) is 13.8 Å². The molecule has 0 heterocycles. The van der Waals surface area contributed by atoms with E-state index in [9.17, 15) is 19.4 Å². The number of rotatable bonds is 40. The van der Waals surface area contributed by atoms with Crippen molar-refractivity contribution in [1.82, 2.24) is 5.32 Å². The van der Waals surface area contributed by atoms with E-state index in [0.717, 1.165) is 89.9 Å². The summed E-state index contributed by atoms with van der Waals surface area (Å²) >= 11 is 0. The molecule has 9 heteroatoms. The van der Waals surface area contributed by atoms with E-state index < -0.39 is 20.0 Å². The van der Waals surface area contributed by atoms with Crippen molar-refractivity contribution in [1.29, 1.82) is 0 Å². The second kappa shape index (κ2) is 43.0. The molecule has 0 aliphatic carbocycles. The maximum atomic E-state index is 12.8. The van der Waals surface area contributed by atoms with Crippen LogP contribution in [0.2, 0.25) is 0 Å². The van der Waals surface area contributed by atoms with E-state index in [1.54, 1.807) is 6.08 Å². The van der Waals surface area contributed by atoms with E-state index >= 15 is 0 Å². The van der Waals surface area contributed by atoms with Crippen molar-refractivity contribution in [3.63, 3.8) is 0 Å². The highest BCUT2D eigenvalue weighted by Gasteiger charge is 2.26. The van der Waals surface area contributed by atoms with Crippen LogP contribution in [0.25, 0.3) is 0 Å². The number of hydrogen-bond donors (Lipinski definition) is 4. The number of aliphatic hydroxyl groups is 1. The van der Waals surface area contributed by atoms with Crippen LogP contribution < -0.4 is 11.1 Å². The van der Waals surface area contributed by atoms with E-state index in [1.807, 2.05) is 6.08 Å². The normalized spacial score (nSPS) is 15.0. The van der Waals surface area contributed by atoms with Crippen LogP contribution in [0.5, 0.6) is 0 Å². The van der Waals surface area contributed by atoms with E-state index in [4.69, 9.17) is 14.8 Å². The summed E-state index contributed by atoms with van der Waals surface area (Å²) in [7, 11) is -4.36. The summed E-state index contributed by atoms with van der Waals surface area (Å²) in [6, 6.07) is -0.897. The van der Waals surface area contributed by atoms with Crippen LogP contribution in [-0.2, 0) is 18.4 Å². The van der Waals surface area contributed by atoms with Crippen LogP contribution in [-0.4, -0.2) is 47.8 Å². The first-order valence-corrected chi connectivity index (χ1v) is 23.9. The van der Waals surface area contributed by atoms with Gasteiger partial charge in [-0.15, -0.1) is 0 Å². The van der Waals surface area contributed by atoms with Crippen molar-refractivity contribution >= 4 is 13.7 Å². The van der Waals surface area contributed by atoms with Crippen molar-refractivity contribution in [3.05, 3.63) is 97.2 Å². The van der Waals surface area contributed by atoms with Gasteiger partial charge >= 0.3 is 7.82 Å². The van der Waals surface area contributed by atoms with Gasteiger partial charge < -0.3 is 21.1 Å². The number of unbranched alkanes of at least 4 members (excludes halogenated alkanes) is 14. The SMILES string of the molecule is CC/C=C\C/C=C\C/C=C\C/C=C\C/C=C\C/C=C\CCCCCCC(=O)NC(COP(=O)(O)OCCN)C(O)/C=C/CC/C=C/CCCCCCCCCCC. The molecule has 57 heavy (non-hydrogen) atoms. The van der Waals surface area contributed by atoms with Crippen molar-refractivity contribution in [3.8, 4) is 0 Å². The standard InChI is InChI=1S/C48H83N2O6P/c1-3-5-7-9-11-13-15-17-19-20-21-22-23-24-25-26-28-30-32-34-36-38-40-42-48(52)50-46(45-56-57(53,54)55-44-43-49)47(51)41-39-37-35-33-31-29-27-18-16-14-12-10-8-6-4-2/h5,7,11,13,17,19,21-22,24-25,28,30-31,33,39,41,46-47,51H,3-4,6,8-10,12,14-16,18,20,23,26-27,29,32,34-38,40,42-45,49H2,1-2H3,(H,50,52)(H,53,54)/b7-5-,13-11-,19-17-,22-21-,25-24-,30-28-,33-31+,41-39+. The molecule has 0 aromatic heterocycles. The van der Waals surface area contributed by atoms with Gasteiger partial charge in [0.05, 0.1) is 25.4 Å². The van der Waals surface area contributed by atoms with Crippen molar-refractivity contribution in [2.24, 2.45) is 5.73 Å². The second-order valence-corrected chi connectivity index (χ2v) is 16.0. The Morgan fingerprint density at radius 1 is 0.596 bits per heavy atom. The summed E-state index contributed by atoms with van der Waals surface area (Å²) in [6.45, 7) is 3.95. The lowest BCUT2D eigenvalue weighted by Crippen LogP contribution is -2.45. The number of carbonyl (C=O) groups excluding carboxylic acids is 1. The number of phosphoric ester groups is 1. The van der Waals surface area contributed by atoms with Gasteiger partial charge in [0.25, 0.3) is 0 Å². The zero-order chi connectivity index (χ0) is 41.8. The monoisotopic (exact) mass is 815 g/mol. The third-order valence-corrected chi connectivity index (χ3v) is 10.1. The van der Waals surface area contributed by atoms with Crippen LogP contribution in [0.3, 0.4) is 0 Å². The minimum Gasteiger partial charge on any atom is -0.387 e. The van der Waals surface area contributed by atoms with E-state index in [1.165, 1.54) is 57.8 Å². The molecule has 1 amide bonds. The molecule has 0 spiro atoms. The fourth-order valence-electron chi connectivity index (χ4n) is 5.80. The van der Waals surface area contributed by atoms with Crippen LogP contribution in [0.1, 0.15) is 168 Å². The van der Waals surface area contributed by atoms with Gasteiger partial charge in [0, 0.05) is 13.0 Å². The Labute approximate surface area is 349 Å². The predicted octanol–water partition coefficient (Wildman–Crippen LogP) is 12.8. The van der Waals surface area contributed by atoms with Crippen molar-refractivity contribution < 1.29 is 28.4 Å². The number of hydrogen-bond acceptors (Lipinski definition) is 6. The molecule has 5 N–H and O–H groups in total. The number of amides is 1. The minimum absolute atomic E-state index is 0.0640. The molecule has 0 saturated carbocycles. The third-order valence-electron chi connectivity index (χ3n) is 9.14. The Balaban J connectivity index is 4.32. The Hall–Kier alpha value is -2.58. The molecule has 0 aliphatic rings. The highest BCUT2D eigenvalue weighted by Crippen LogP contribution is 2.43. The number of aliphatic hydroxyl groups excluding tert-OH is 1. The molecule has 3 unspecified atom stereocenters. The summed E-state index contributed by atoms with van der Waals surface area (Å²) < 4.78 is 22.1. The van der Waals surface area contributed by atoms with E-state index in [-0.39, 0.29) is 25.7 Å². The second-order valence-electron chi connectivity index (χ2n) is 14.5. The molecule has 326 valence electrons. The molecule has 3 atom stereocenters. The van der Waals surface area contributed by atoms with Gasteiger partial charge in [-0.05, 0) is 83.5 Å². The topological polar surface area (TPSA) is 131 Å². The summed E-state index contributed by atoms with van der Waals surface area (Å²) in [5.74, 6) is -0.233. The van der Waals surface area contributed by atoms with Crippen molar-refractivity contribution in [2.45, 2.75) is 180 Å². The Bertz CT molecular complexity index is 1210. The smallest absolute Gasteiger partial charge is 0.387 e. The molecule has 0 radical (unpaired) electrons. The average Bonchev–Trinajstić information content (AvgIpc) is 3.20. The average molecular weight is 815 g/mol. The Morgan fingerprint density at radius 3 is 1.56 bits per heavy atom. The van der Waals surface area contributed by atoms with Gasteiger partial charge in [0.15, 0.2) is 0 Å². The number of allylic oxidation sites excluding steroid dienone is 15. The Kier molecular flexibility index (Phi) is 41.1. The summed E-state index contributed by atoms with van der Waals surface area (Å²) in [5.41, 5.74) is 5.37. The summed E-state index contributed by atoms with van der Waals surface area (Å²) in [6.07, 6.45) is 58.9. The lowest BCUT2D eigenvalue weighted by Gasteiger charge is -2.23. The first-order chi connectivity index (χ1) is 27.9. The maximum absolute atomic E-state index is 12.8. The zero-order valence-corrected chi connectivity index (χ0v) is 36.9. The highest BCUT2D eigenvalue weighted by atomic mass is 31.2. The maximum Gasteiger partial charge on any atom is 0.472 e. The third kappa shape index (κ3) is 41.4. The number of phosphoric acid groups is 1. The van der Waals surface area contributed by atoms with E-state index in [0.29, 0.717) is 6.42 Å². The van der Waals surface area contributed by atoms with E-state index in [2.05, 4.69) is 104 Å². The van der Waals surface area contributed by atoms with Gasteiger partial charge in [-0.2, -0.15) is 0 Å². The molecule has 8 nitrogen and oxygen atoms in total. The van der Waals surface area contributed by atoms with Crippen LogP contribution in [0, 0.1) is 0 Å². The van der Waals surface area contributed by atoms with Gasteiger partial charge in [0.2, 0.25) is 5.91 Å². The first-order valence-electron chi connectivity index (χ1n) is 22.4. The molecule has 0 bridgehead atoms. The fourth-order valence-corrected chi connectivity index (χ4v) is 6.56.